The zero-order valence-electron chi connectivity index (χ0n) is 24.4. The van der Waals surface area contributed by atoms with E-state index in [1.165, 1.54) is 36.6 Å². The first-order chi connectivity index (χ1) is 19.1. The monoisotopic (exact) mass is 723 g/mol. The normalized spacial score (nSPS) is 11.3. The molecule has 41 heavy (non-hydrogen) atoms. The van der Waals surface area contributed by atoms with E-state index in [4.69, 9.17) is 9.52 Å². The number of aromatic nitrogens is 1. The molecule has 0 aliphatic carbocycles. The third kappa shape index (κ3) is 8.36. The molecule has 213 valence electrons. The van der Waals surface area contributed by atoms with Gasteiger partial charge in [-0.3, -0.25) is 4.79 Å². The molecule has 0 saturated heterocycles. The maximum absolute atomic E-state index is 10.0. The van der Waals surface area contributed by atoms with E-state index >= 15 is 0 Å². The topological polar surface area (TPSA) is 63.3 Å². The predicted molar refractivity (Wildman–Crippen MR) is 164 cm³/mol. The van der Waals surface area contributed by atoms with Gasteiger partial charge >= 0.3 is 0 Å². The predicted octanol–water partition coefficient (Wildman–Crippen LogP) is 9.91. The fourth-order valence-electron chi connectivity index (χ4n) is 4.44. The van der Waals surface area contributed by atoms with Gasteiger partial charge in [-0.2, -0.15) is 0 Å². The summed E-state index contributed by atoms with van der Waals surface area (Å²) < 4.78 is 6.23. The van der Waals surface area contributed by atoms with Gasteiger partial charge in [0.25, 0.3) is 0 Å². The van der Waals surface area contributed by atoms with Crippen LogP contribution in [0.15, 0.2) is 101 Å². The van der Waals surface area contributed by atoms with E-state index in [1.807, 2.05) is 18.3 Å². The summed E-state index contributed by atoms with van der Waals surface area (Å²) in [5, 5.41) is 9.41. The standard InChI is InChI=1S/C31H28NO.C5H8O2.Ir/c1-20(2)25-14-26(21(3)4)16-27(15-25)30-18-28-17-29(32-19-31(28)33-30)24-12-8-11-23(13-24)22-9-6-5-7-10-22;1-4(6)3-5(2)7;/h5-11,13-21H,1-4H3;3,6H,1-2H3;/q-1;;/b;4-3-;. The first-order valence-corrected chi connectivity index (χ1v) is 13.6. The molecule has 1 N–H and O–H groups in total. The summed E-state index contributed by atoms with van der Waals surface area (Å²) in [6.07, 6.45) is 2.99. The fourth-order valence-corrected chi connectivity index (χ4v) is 4.44. The number of fused-ring (bicyclic) bond motifs is 1. The number of ketones is 1. The molecule has 1 radical (unpaired) electrons. The van der Waals surface area contributed by atoms with Gasteiger partial charge in [-0.25, -0.2) is 0 Å². The van der Waals surface area contributed by atoms with E-state index in [1.54, 1.807) is 0 Å². The first-order valence-electron chi connectivity index (χ1n) is 13.6. The Labute approximate surface area is 256 Å². The first kappa shape index (κ1) is 31.7. The molecular weight excluding hydrogens is 687 g/mol. The zero-order chi connectivity index (χ0) is 28.8. The maximum atomic E-state index is 10.0. The van der Waals surface area contributed by atoms with Gasteiger partial charge in [0.1, 0.15) is 5.76 Å². The number of benzene rings is 3. The summed E-state index contributed by atoms with van der Waals surface area (Å²) >= 11 is 0. The minimum Gasteiger partial charge on any atom is -0.512 e. The fraction of sp³-hybridized carbons (Fsp3) is 0.222. The van der Waals surface area contributed by atoms with Crippen LogP contribution in [-0.2, 0) is 24.9 Å². The molecule has 0 atom stereocenters. The van der Waals surface area contributed by atoms with Crippen LogP contribution in [0.2, 0.25) is 0 Å². The van der Waals surface area contributed by atoms with Crippen LogP contribution in [0.5, 0.6) is 0 Å². The number of rotatable bonds is 6. The molecule has 0 unspecified atom stereocenters. The summed E-state index contributed by atoms with van der Waals surface area (Å²) in [6.45, 7) is 11.8. The van der Waals surface area contributed by atoms with Gasteiger partial charge in [-0.15, -0.1) is 35.4 Å². The van der Waals surface area contributed by atoms with Crippen molar-refractivity contribution in [1.82, 2.24) is 4.98 Å². The van der Waals surface area contributed by atoms with Gasteiger partial charge in [-0.1, -0.05) is 70.2 Å². The van der Waals surface area contributed by atoms with E-state index < -0.39 is 0 Å². The Balaban J connectivity index is 0.000000516. The number of pyridine rings is 1. The van der Waals surface area contributed by atoms with Crippen molar-refractivity contribution in [2.24, 2.45) is 0 Å². The van der Waals surface area contributed by atoms with Crippen LogP contribution in [0.3, 0.4) is 0 Å². The molecule has 5 aromatic rings. The Kier molecular flexibility index (Phi) is 11.0. The summed E-state index contributed by atoms with van der Waals surface area (Å²) in [5.74, 6) is 1.75. The Bertz CT molecular complexity index is 1620. The van der Waals surface area contributed by atoms with Gasteiger partial charge in [0.2, 0.25) is 0 Å². The average Bonchev–Trinajstić information content (AvgIpc) is 3.36. The second-order valence-corrected chi connectivity index (χ2v) is 10.7. The number of furan rings is 1. The molecular formula is C36H36IrNO3-. The Hall–Kier alpha value is -3.79. The molecule has 0 spiro atoms. The number of allylic oxidation sites excluding steroid dienone is 2. The molecule has 0 aliphatic heterocycles. The number of aliphatic hydroxyl groups is 1. The van der Waals surface area contributed by atoms with Crippen molar-refractivity contribution in [2.45, 2.75) is 53.4 Å². The average molecular weight is 723 g/mol. The van der Waals surface area contributed by atoms with Crippen molar-refractivity contribution in [3.05, 3.63) is 114 Å². The summed E-state index contributed by atoms with van der Waals surface area (Å²) in [7, 11) is 0. The van der Waals surface area contributed by atoms with Gasteiger partial charge in [0, 0.05) is 37.1 Å². The molecule has 2 heterocycles. The van der Waals surface area contributed by atoms with Crippen LogP contribution in [-0.4, -0.2) is 15.9 Å². The van der Waals surface area contributed by atoms with Crippen molar-refractivity contribution < 1.29 is 34.4 Å². The van der Waals surface area contributed by atoms with Crippen molar-refractivity contribution in [2.75, 3.05) is 0 Å². The Morgan fingerprint density at radius 2 is 1.51 bits per heavy atom. The summed E-state index contributed by atoms with van der Waals surface area (Å²) in [5.41, 5.74) is 8.81. The van der Waals surface area contributed by atoms with Gasteiger partial charge in [-0.05, 0) is 66.3 Å². The van der Waals surface area contributed by atoms with Gasteiger partial charge < -0.3 is 14.5 Å². The van der Waals surface area contributed by atoms with Crippen LogP contribution < -0.4 is 0 Å². The van der Waals surface area contributed by atoms with Crippen molar-refractivity contribution in [3.8, 4) is 33.7 Å². The quantitative estimate of drug-likeness (QED) is 0.108. The van der Waals surface area contributed by atoms with Crippen molar-refractivity contribution >= 4 is 16.8 Å². The number of carbonyl (C=O) groups excluding carboxylic acids is 1. The molecule has 4 nitrogen and oxygen atoms in total. The third-order valence-electron chi connectivity index (χ3n) is 6.60. The summed E-state index contributed by atoms with van der Waals surface area (Å²) in [4.78, 5) is 14.7. The molecule has 5 rings (SSSR count). The minimum absolute atomic E-state index is 0. The van der Waals surface area contributed by atoms with Crippen LogP contribution >= 0.6 is 0 Å². The minimum atomic E-state index is -0.125. The maximum Gasteiger partial charge on any atom is 0.155 e. The van der Waals surface area contributed by atoms with Gasteiger partial charge in [0.05, 0.1) is 12.0 Å². The number of nitrogens with zero attached hydrogens (tertiary/aromatic N) is 1. The number of hydrogen-bond acceptors (Lipinski definition) is 4. The molecule has 3 aromatic carbocycles. The molecule has 5 heteroatoms. The van der Waals surface area contributed by atoms with Gasteiger partial charge in [0.15, 0.2) is 11.4 Å². The van der Waals surface area contributed by atoms with Crippen LogP contribution in [0.25, 0.3) is 44.7 Å². The van der Waals surface area contributed by atoms with Crippen LogP contribution in [0.4, 0.5) is 0 Å². The number of carbonyl (C=O) groups is 1. The molecule has 2 aromatic heterocycles. The van der Waals surface area contributed by atoms with Crippen molar-refractivity contribution in [1.29, 1.82) is 0 Å². The third-order valence-corrected chi connectivity index (χ3v) is 6.60. The largest absolute Gasteiger partial charge is 0.512 e. The van der Waals surface area contributed by atoms with Crippen molar-refractivity contribution in [3.63, 3.8) is 0 Å². The van der Waals surface area contributed by atoms with Crippen LogP contribution in [0, 0.1) is 6.07 Å². The zero-order valence-corrected chi connectivity index (χ0v) is 26.8. The van der Waals surface area contributed by atoms with Crippen LogP contribution in [0.1, 0.15) is 64.5 Å². The molecule has 0 amide bonds. The van der Waals surface area contributed by atoms with E-state index in [9.17, 15) is 4.79 Å². The second-order valence-electron chi connectivity index (χ2n) is 10.7. The summed E-state index contributed by atoms with van der Waals surface area (Å²) in [6, 6.07) is 31.0. The Morgan fingerprint density at radius 1 is 0.854 bits per heavy atom. The molecule has 0 bridgehead atoms. The SMILES string of the molecule is CC(=O)/C=C(/C)O.CC(C)c1cc(-c2cc3cc(-c4[c-]ccc(-c5ccccc5)c4)ncc3o2)cc(C(C)C)c1.[Ir]. The molecule has 0 aliphatic rings. The second kappa shape index (κ2) is 14.2. The smallest absolute Gasteiger partial charge is 0.155 e. The van der Waals surface area contributed by atoms with E-state index in [2.05, 4.69) is 105 Å². The molecule has 0 saturated carbocycles. The van der Waals surface area contributed by atoms with E-state index in [-0.39, 0.29) is 31.6 Å². The van der Waals surface area contributed by atoms with E-state index in [0.29, 0.717) is 11.8 Å². The number of hydrogen-bond donors (Lipinski definition) is 1. The molecule has 0 fully saturated rings. The van der Waals surface area contributed by atoms with E-state index in [0.717, 1.165) is 39.1 Å². The number of aliphatic hydroxyl groups excluding tert-OH is 1. The Morgan fingerprint density at radius 3 is 2.07 bits per heavy atom.